The Morgan fingerprint density at radius 2 is 1.84 bits per heavy atom. The van der Waals surface area contributed by atoms with Gasteiger partial charge in [-0.15, -0.1) is 0 Å². The van der Waals surface area contributed by atoms with Crippen molar-refractivity contribution >= 4 is 17.5 Å². The summed E-state index contributed by atoms with van der Waals surface area (Å²) in [6.45, 7) is 6.81. The number of morpholine rings is 1. The number of hydrogen-bond acceptors (Lipinski definition) is 4. The summed E-state index contributed by atoms with van der Waals surface area (Å²) in [5, 5.41) is 3.55. The molecule has 2 aromatic carbocycles. The van der Waals surface area contributed by atoms with E-state index in [2.05, 4.69) is 39.4 Å². The van der Waals surface area contributed by atoms with E-state index in [0.29, 0.717) is 30.2 Å². The molecule has 0 radical (unpaired) electrons. The second-order valence-electron chi connectivity index (χ2n) is 8.70. The molecule has 2 heterocycles. The van der Waals surface area contributed by atoms with Crippen LogP contribution in [0, 0.1) is 11.7 Å². The summed E-state index contributed by atoms with van der Waals surface area (Å²) in [5.41, 5.74) is 2.87. The molecule has 2 aliphatic rings. The molecular weight excluding hydrogens is 429 g/mol. The molecule has 0 aliphatic carbocycles. The molecule has 32 heavy (non-hydrogen) atoms. The highest BCUT2D eigenvalue weighted by molar-refractivity contribution is 6.31. The first-order valence-electron chi connectivity index (χ1n) is 11.4. The largest absolute Gasteiger partial charge is 0.379 e. The van der Waals surface area contributed by atoms with E-state index in [1.807, 2.05) is 0 Å². The van der Waals surface area contributed by atoms with E-state index in [0.717, 1.165) is 57.8 Å². The van der Waals surface area contributed by atoms with Gasteiger partial charge in [0.2, 0.25) is 5.91 Å². The van der Waals surface area contributed by atoms with Gasteiger partial charge in [-0.3, -0.25) is 14.6 Å². The molecule has 0 aromatic heterocycles. The Labute approximate surface area is 194 Å². The Balaban J connectivity index is 1.28. The highest BCUT2D eigenvalue weighted by Crippen LogP contribution is 2.24. The molecule has 2 aromatic rings. The summed E-state index contributed by atoms with van der Waals surface area (Å²) in [6, 6.07) is 13.2. The van der Waals surface area contributed by atoms with Crippen LogP contribution in [-0.2, 0) is 29.2 Å². The predicted molar refractivity (Wildman–Crippen MR) is 124 cm³/mol. The van der Waals surface area contributed by atoms with Crippen molar-refractivity contribution in [2.24, 2.45) is 5.92 Å². The van der Waals surface area contributed by atoms with Crippen molar-refractivity contribution < 1.29 is 13.9 Å². The fourth-order valence-corrected chi connectivity index (χ4v) is 4.73. The van der Waals surface area contributed by atoms with E-state index in [4.69, 9.17) is 16.3 Å². The van der Waals surface area contributed by atoms with E-state index in [1.165, 1.54) is 11.6 Å². The molecule has 4 rings (SSSR count). The van der Waals surface area contributed by atoms with Crippen molar-refractivity contribution in [3.63, 3.8) is 0 Å². The standard InChI is InChI=1S/C25H31ClFN3O2/c26-23-7-2-8-24(27)22(23)18-30-9-3-6-21(17-30)25(31)28-15-19-4-1-5-20(14-19)16-29-10-12-32-13-11-29/h1-2,4-5,7-8,14,21H,3,6,9-13,15-18H2,(H,28,31). The van der Waals surface area contributed by atoms with Crippen LogP contribution in [0.1, 0.15) is 29.5 Å². The van der Waals surface area contributed by atoms with Gasteiger partial charge in [-0.05, 0) is 42.6 Å². The van der Waals surface area contributed by atoms with Gasteiger partial charge in [-0.25, -0.2) is 4.39 Å². The van der Waals surface area contributed by atoms with Gasteiger partial charge in [-0.1, -0.05) is 41.9 Å². The van der Waals surface area contributed by atoms with Crippen molar-refractivity contribution in [1.29, 1.82) is 0 Å². The molecule has 1 unspecified atom stereocenters. The summed E-state index contributed by atoms with van der Waals surface area (Å²) < 4.78 is 19.6. The van der Waals surface area contributed by atoms with Gasteiger partial charge in [0.25, 0.3) is 0 Å². The van der Waals surface area contributed by atoms with Gasteiger partial charge >= 0.3 is 0 Å². The third-order valence-electron chi connectivity index (χ3n) is 6.29. The number of carbonyl (C=O) groups is 1. The van der Waals surface area contributed by atoms with Crippen LogP contribution in [0.15, 0.2) is 42.5 Å². The third-order valence-corrected chi connectivity index (χ3v) is 6.64. The number of ether oxygens (including phenoxy) is 1. The number of likely N-dealkylation sites (tertiary alicyclic amines) is 1. The molecule has 2 saturated heterocycles. The summed E-state index contributed by atoms with van der Waals surface area (Å²) in [6.07, 6.45) is 1.77. The normalized spacial score (nSPS) is 20.2. The second-order valence-corrected chi connectivity index (χ2v) is 9.11. The number of hydrogen-bond donors (Lipinski definition) is 1. The molecule has 1 amide bonds. The summed E-state index contributed by atoms with van der Waals surface area (Å²) >= 11 is 6.18. The van der Waals surface area contributed by atoms with Crippen molar-refractivity contribution in [2.75, 3.05) is 39.4 Å². The predicted octanol–water partition coefficient (Wildman–Crippen LogP) is 3.84. The number of nitrogens with one attached hydrogen (secondary N) is 1. The summed E-state index contributed by atoms with van der Waals surface area (Å²) in [5.74, 6) is -0.320. The number of benzene rings is 2. The number of rotatable bonds is 7. The number of carbonyl (C=O) groups excluding carboxylic acids is 1. The first kappa shape index (κ1) is 23.2. The molecule has 0 spiro atoms. The third kappa shape index (κ3) is 6.29. The van der Waals surface area contributed by atoms with Crippen LogP contribution in [0.25, 0.3) is 0 Å². The first-order chi connectivity index (χ1) is 15.6. The van der Waals surface area contributed by atoms with Crippen LogP contribution < -0.4 is 5.32 Å². The van der Waals surface area contributed by atoms with Crippen molar-refractivity contribution in [3.05, 3.63) is 70.0 Å². The van der Waals surface area contributed by atoms with E-state index in [9.17, 15) is 9.18 Å². The maximum Gasteiger partial charge on any atom is 0.224 e. The quantitative estimate of drug-likeness (QED) is 0.683. The van der Waals surface area contributed by atoms with Gasteiger partial charge in [0.15, 0.2) is 0 Å². The van der Waals surface area contributed by atoms with Gasteiger partial charge < -0.3 is 10.1 Å². The summed E-state index contributed by atoms with van der Waals surface area (Å²) in [7, 11) is 0. The highest BCUT2D eigenvalue weighted by atomic mass is 35.5. The molecule has 0 saturated carbocycles. The Morgan fingerprint density at radius 1 is 1.06 bits per heavy atom. The number of halogens is 2. The topological polar surface area (TPSA) is 44.8 Å². The van der Waals surface area contributed by atoms with Gasteiger partial charge in [0, 0.05) is 49.9 Å². The van der Waals surface area contributed by atoms with Crippen LogP contribution >= 0.6 is 11.6 Å². The fourth-order valence-electron chi connectivity index (χ4n) is 4.51. The molecule has 7 heteroatoms. The van der Waals surface area contributed by atoms with E-state index < -0.39 is 0 Å². The Hall–Kier alpha value is -1.99. The Kier molecular flexibility index (Phi) is 8.14. The van der Waals surface area contributed by atoms with E-state index in [-0.39, 0.29) is 17.6 Å². The van der Waals surface area contributed by atoms with Crippen LogP contribution in [-0.4, -0.2) is 55.1 Å². The van der Waals surface area contributed by atoms with Crippen LogP contribution in [0.2, 0.25) is 5.02 Å². The van der Waals surface area contributed by atoms with Crippen molar-refractivity contribution in [1.82, 2.24) is 15.1 Å². The molecule has 5 nitrogen and oxygen atoms in total. The van der Waals surface area contributed by atoms with Crippen molar-refractivity contribution in [3.8, 4) is 0 Å². The summed E-state index contributed by atoms with van der Waals surface area (Å²) in [4.78, 5) is 17.4. The van der Waals surface area contributed by atoms with Gasteiger partial charge in [0.1, 0.15) is 5.82 Å². The average molecular weight is 460 g/mol. The SMILES string of the molecule is O=C(NCc1cccc(CN2CCOCC2)c1)C1CCCN(Cc2c(F)cccc2Cl)C1. The minimum absolute atomic E-state index is 0.0629. The first-order valence-corrected chi connectivity index (χ1v) is 11.8. The fraction of sp³-hybridized carbons (Fsp3) is 0.480. The minimum Gasteiger partial charge on any atom is -0.379 e. The molecular formula is C25H31ClFN3O2. The van der Waals surface area contributed by atoms with Crippen LogP contribution in [0.5, 0.6) is 0 Å². The monoisotopic (exact) mass is 459 g/mol. The minimum atomic E-state index is -0.291. The van der Waals surface area contributed by atoms with E-state index >= 15 is 0 Å². The number of amides is 1. The lowest BCUT2D eigenvalue weighted by atomic mass is 9.96. The molecule has 2 aliphatic heterocycles. The lowest BCUT2D eigenvalue weighted by Crippen LogP contribution is -2.42. The van der Waals surface area contributed by atoms with Crippen LogP contribution in [0.4, 0.5) is 4.39 Å². The number of piperidine rings is 1. The zero-order chi connectivity index (χ0) is 22.3. The molecule has 172 valence electrons. The average Bonchev–Trinajstić information content (AvgIpc) is 2.81. The molecule has 2 fully saturated rings. The molecule has 1 N–H and O–H groups in total. The van der Waals surface area contributed by atoms with E-state index in [1.54, 1.807) is 12.1 Å². The smallest absolute Gasteiger partial charge is 0.224 e. The second kappa shape index (κ2) is 11.2. The number of nitrogens with zero attached hydrogens (tertiary/aromatic N) is 2. The van der Waals surface area contributed by atoms with Gasteiger partial charge in [-0.2, -0.15) is 0 Å². The highest BCUT2D eigenvalue weighted by Gasteiger charge is 2.26. The van der Waals surface area contributed by atoms with Crippen molar-refractivity contribution in [2.45, 2.75) is 32.5 Å². The Morgan fingerprint density at radius 3 is 2.66 bits per heavy atom. The Bertz CT molecular complexity index is 900. The van der Waals surface area contributed by atoms with Gasteiger partial charge in [0.05, 0.1) is 19.1 Å². The lowest BCUT2D eigenvalue weighted by Gasteiger charge is -2.32. The lowest BCUT2D eigenvalue weighted by molar-refractivity contribution is -0.126. The van der Waals surface area contributed by atoms with Crippen LogP contribution in [0.3, 0.4) is 0 Å². The maximum absolute atomic E-state index is 14.2. The zero-order valence-corrected chi connectivity index (χ0v) is 19.1. The molecule has 0 bridgehead atoms. The zero-order valence-electron chi connectivity index (χ0n) is 18.4. The maximum atomic E-state index is 14.2. The molecule has 1 atom stereocenters.